The van der Waals surface area contributed by atoms with E-state index < -0.39 is 48.7 Å². The van der Waals surface area contributed by atoms with Crippen LogP contribution in [0.2, 0.25) is 0 Å². The van der Waals surface area contributed by atoms with E-state index in [1.807, 2.05) is 0 Å². The van der Waals surface area contributed by atoms with E-state index in [9.17, 15) is 24.9 Å². The van der Waals surface area contributed by atoms with Crippen LogP contribution in [0.1, 0.15) is 11.7 Å². The summed E-state index contributed by atoms with van der Waals surface area (Å²) in [6, 6.07) is 8.06. The average Bonchev–Trinajstić information content (AvgIpc) is 2.52. The fourth-order valence-electron chi connectivity index (χ4n) is 2.24. The van der Waals surface area contributed by atoms with Gasteiger partial charge in [0.1, 0.15) is 18.3 Å². The van der Waals surface area contributed by atoms with E-state index in [1.54, 1.807) is 30.3 Å². The number of primary amides is 1. The number of aliphatic hydroxyl groups excluding tert-OH is 3. The van der Waals surface area contributed by atoms with Crippen molar-refractivity contribution in [2.45, 2.75) is 36.8 Å². The van der Waals surface area contributed by atoms with Gasteiger partial charge in [0.25, 0.3) is 5.91 Å². The molecule has 0 radical (unpaired) electrons. The Labute approximate surface area is 130 Å². The number of aliphatic hydroxyl groups is 3. The molecule has 0 aromatic heterocycles. The number of hydrogen-bond donors (Lipinski definition) is 5. The fraction of sp³-hybridized carbons (Fsp3) is 0.429. The maximum absolute atomic E-state index is 11.6. The summed E-state index contributed by atoms with van der Waals surface area (Å²) in [7, 11) is 0. The standard InChI is InChI=1S/C14H17NO8/c15-12(19)10(6-4-2-1-3-5-6)22-14-9(18)7(16)8(17)11(23-14)13(20)21/h1-5,7-11,14,16-18H,(H2,15,19)(H,20,21)/t7-,8-,9+,10?,11-,14?/m0/s1. The zero-order valence-corrected chi connectivity index (χ0v) is 11.9. The van der Waals surface area contributed by atoms with E-state index in [1.165, 1.54) is 0 Å². The number of benzene rings is 1. The summed E-state index contributed by atoms with van der Waals surface area (Å²) in [4.78, 5) is 22.6. The molecule has 126 valence electrons. The molecule has 1 saturated heterocycles. The van der Waals surface area contributed by atoms with Crippen LogP contribution in [0.25, 0.3) is 0 Å². The van der Waals surface area contributed by atoms with E-state index in [-0.39, 0.29) is 0 Å². The largest absolute Gasteiger partial charge is 0.479 e. The molecule has 9 heteroatoms. The Morgan fingerprint density at radius 3 is 2.22 bits per heavy atom. The van der Waals surface area contributed by atoms with Crippen LogP contribution >= 0.6 is 0 Å². The number of aliphatic carboxylic acids is 1. The van der Waals surface area contributed by atoms with Crippen molar-refractivity contribution in [3.8, 4) is 0 Å². The van der Waals surface area contributed by atoms with Crippen molar-refractivity contribution in [1.29, 1.82) is 0 Å². The molecule has 0 bridgehead atoms. The number of carboxylic acid groups (broad SMARTS) is 1. The number of rotatable bonds is 5. The second-order valence-corrected chi connectivity index (χ2v) is 5.06. The van der Waals surface area contributed by atoms with Crippen molar-refractivity contribution in [3.63, 3.8) is 0 Å². The lowest BCUT2D eigenvalue weighted by Gasteiger charge is -2.39. The van der Waals surface area contributed by atoms with Gasteiger partial charge in [-0.3, -0.25) is 4.79 Å². The first kappa shape index (κ1) is 17.3. The summed E-state index contributed by atoms with van der Waals surface area (Å²) in [5.41, 5.74) is 5.62. The topological polar surface area (TPSA) is 160 Å². The van der Waals surface area contributed by atoms with Gasteiger partial charge in [0.2, 0.25) is 0 Å². The molecule has 1 aliphatic heterocycles. The lowest BCUT2D eigenvalue weighted by molar-refractivity contribution is -0.302. The van der Waals surface area contributed by atoms with Crippen molar-refractivity contribution >= 4 is 11.9 Å². The SMILES string of the molecule is NC(=O)C(OC1O[C@H](C(=O)O)[C@@H](O)[C@H](O)[C@H]1O)c1ccccc1. The first-order valence-corrected chi connectivity index (χ1v) is 6.75. The minimum atomic E-state index is -1.84. The van der Waals surface area contributed by atoms with Crippen LogP contribution in [-0.4, -0.2) is 63.0 Å². The second kappa shape index (κ2) is 7.02. The third-order valence-corrected chi connectivity index (χ3v) is 3.44. The minimum Gasteiger partial charge on any atom is -0.479 e. The third kappa shape index (κ3) is 3.66. The van der Waals surface area contributed by atoms with E-state index >= 15 is 0 Å². The van der Waals surface area contributed by atoms with Crippen LogP contribution in [0.5, 0.6) is 0 Å². The van der Waals surface area contributed by atoms with Gasteiger partial charge in [0, 0.05) is 0 Å². The molecule has 0 spiro atoms. The monoisotopic (exact) mass is 327 g/mol. The van der Waals surface area contributed by atoms with Crippen LogP contribution < -0.4 is 5.73 Å². The molecule has 1 aromatic rings. The number of nitrogens with two attached hydrogens (primary N) is 1. The second-order valence-electron chi connectivity index (χ2n) is 5.06. The Bertz CT molecular complexity index is 565. The molecular formula is C14H17NO8. The van der Waals surface area contributed by atoms with E-state index in [0.29, 0.717) is 5.56 Å². The van der Waals surface area contributed by atoms with Gasteiger partial charge in [-0.05, 0) is 5.56 Å². The van der Waals surface area contributed by atoms with Gasteiger partial charge < -0.3 is 35.6 Å². The number of ether oxygens (including phenoxy) is 2. The Hall–Kier alpha value is -2.04. The molecule has 1 heterocycles. The summed E-state index contributed by atoms with van der Waals surface area (Å²) in [5.74, 6) is -2.44. The quantitative estimate of drug-likeness (QED) is 0.420. The zero-order chi connectivity index (χ0) is 17.1. The molecule has 1 amide bonds. The number of amides is 1. The molecule has 1 fully saturated rings. The molecule has 9 nitrogen and oxygen atoms in total. The van der Waals surface area contributed by atoms with Gasteiger partial charge in [-0.15, -0.1) is 0 Å². The van der Waals surface area contributed by atoms with Crippen LogP contribution in [0.3, 0.4) is 0 Å². The fourth-order valence-corrected chi connectivity index (χ4v) is 2.24. The van der Waals surface area contributed by atoms with Crippen molar-refractivity contribution in [2.75, 3.05) is 0 Å². The van der Waals surface area contributed by atoms with Gasteiger partial charge in [-0.25, -0.2) is 4.79 Å². The molecule has 0 saturated carbocycles. The molecule has 0 aliphatic carbocycles. The predicted octanol–water partition coefficient (Wildman–Crippen LogP) is -1.88. The Balaban J connectivity index is 2.21. The van der Waals surface area contributed by atoms with Gasteiger partial charge in [0.05, 0.1) is 0 Å². The molecule has 23 heavy (non-hydrogen) atoms. The number of hydrogen-bond acceptors (Lipinski definition) is 7. The summed E-state index contributed by atoms with van der Waals surface area (Å²) in [6.07, 6.45) is -10.2. The summed E-state index contributed by atoms with van der Waals surface area (Å²) >= 11 is 0. The highest BCUT2D eigenvalue weighted by Gasteiger charge is 2.48. The number of carbonyl (C=O) groups excluding carboxylic acids is 1. The normalized spacial score (nSPS) is 32.2. The van der Waals surface area contributed by atoms with E-state index in [0.717, 1.165) is 0 Å². The highest BCUT2D eigenvalue weighted by molar-refractivity contribution is 5.80. The molecular weight excluding hydrogens is 310 g/mol. The minimum absolute atomic E-state index is 0.364. The van der Waals surface area contributed by atoms with Crippen LogP contribution in [-0.2, 0) is 19.1 Å². The third-order valence-electron chi connectivity index (χ3n) is 3.44. The van der Waals surface area contributed by atoms with Gasteiger partial charge in [-0.2, -0.15) is 0 Å². The number of carboxylic acids is 1. The lowest BCUT2D eigenvalue weighted by atomic mass is 9.98. The lowest BCUT2D eigenvalue weighted by Crippen LogP contribution is -2.60. The molecule has 6 N–H and O–H groups in total. The average molecular weight is 327 g/mol. The van der Waals surface area contributed by atoms with Crippen LogP contribution in [0, 0.1) is 0 Å². The van der Waals surface area contributed by atoms with E-state index in [2.05, 4.69) is 0 Å². The van der Waals surface area contributed by atoms with Crippen molar-refractivity contribution in [3.05, 3.63) is 35.9 Å². The molecule has 1 aromatic carbocycles. The maximum atomic E-state index is 11.6. The smallest absolute Gasteiger partial charge is 0.335 e. The van der Waals surface area contributed by atoms with Crippen molar-refractivity contribution < 1.29 is 39.5 Å². The first-order chi connectivity index (χ1) is 10.8. The predicted molar refractivity (Wildman–Crippen MR) is 73.8 cm³/mol. The van der Waals surface area contributed by atoms with Crippen molar-refractivity contribution in [1.82, 2.24) is 0 Å². The van der Waals surface area contributed by atoms with Gasteiger partial charge in [0.15, 0.2) is 18.5 Å². The molecule has 2 rings (SSSR count). The zero-order valence-electron chi connectivity index (χ0n) is 11.9. The summed E-state index contributed by atoms with van der Waals surface area (Å²) < 4.78 is 10.2. The van der Waals surface area contributed by atoms with Crippen LogP contribution in [0.15, 0.2) is 30.3 Å². The first-order valence-electron chi connectivity index (χ1n) is 6.75. The highest BCUT2D eigenvalue weighted by atomic mass is 16.7. The van der Waals surface area contributed by atoms with Gasteiger partial charge in [-0.1, -0.05) is 30.3 Å². The number of carbonyl (C=O) groups is 2. The van der Waals surface area contributed by atoms with E-state index in [4.69, 9.17) is 20.3 Å². The Kier molecular flexibility index (Phi) is 5.29. The molecule has 1 aliphatic rings. The van der Waals surface area contributed by atoms with Gasteiger partial charge >= 0.3 is 5.97 Å². The molecule has 2 unspecified atom stereocenters. The summed E-state index contributed by atoms with van der Waals surface area (Å²) in [6.45, 7) is 0. The Morgan fingerprint density at radius 1 is 1.09 bits per heavy atom. The van der Waals surface area contributed by atoms with Crippen LogP contribution in [0.4, 0.5) is 0 Å². The molecule has 6 atom stereocenters. The van der Waals surface area contributed by atoms with Crippen molar-refractivity contribution in [2.24, 2.45) is 5.73 Å². The Morgan fingerprint density at radius 2 is 1.70 bits per heavy atom. The maximum Gasteiger partial charge on any atom is 0.335 e. The highest BCUT2D eigenvalue weighted by Crippen LogP contribution is 2.27. The summed E-state index contributed by atoms with van der Waals surface area (Å²) in [5, 5.41) is 38.2.